The normalized spacial score (nSPS) is 27.0. The van der Waals surface area contributed by atoms with Gasteiger partial charge in [0.05, 0.1) is 35.6 Å². The molecule has 2 saturated carbocycles. The molecule has 1 heterocycles. The summed E-state index contributed by atoms with van der Waals surface area (Å²) in [5, 5.41) is 17.8. The molecule has 0 radical (unpaired) electrons. The van der Waals surface area contributed by atoms with E-state index in [-0.39, 0.29) is 30.8 Å². The van der Waals surface area contributed by atoms with Crippen LogP contribution in [0.4, 0.5) is 0 Å². The van der Waals surface area contributed by atoms with Crippen molar-refractivity contribution in [2.45, 2.75) is 193 Å². The second kappa shape index (κ2) is 25.7. The number of carbonyl (C=O) groups is 6. The van der Waals surface area contributed by atoms with Crippen molar-refractivity contribution in [1.82, 2.24) is 5.32 Å². The molecule has 3 fully saturated rings. The summed E-state index contributed by atoms with van der Waals surface area (Å²) in [6.07, 6.45) is -8.71. The topological polar surface area (TPSA) is 209 Å². The molecule has 11 atom stereocenters. The lowest BCUT2D eigenvalue weighted by Crippen LogP contribution is -2.82. The minimum atomic E-state index is -2.79. The summed E-state index contributed by atoms with van der Waals surface area (Å²) in [6.45, 7) is 21.4. The number of nitrogens with one attached hydrogen (secondary N) is 1. The summed E-state index contributed by atoms with van der Waals surface area (Å²) in [6, 6.07) is 36.4. The number of ketones is 1. The molecule has 1 amide bonds. The third-order valence-corrected chi connectivity index (χ3v) is 28.7. The first-order valence-corrected chi connectivity index (χ1v) is 34.9. The van der Waals surface area contributed by atoms with E-state index in [1.807, 2.05) is 57.2 Å². The first-order chi connectivity index (χ1) is 40.0. The van der Waals surface area contributed by atoms with Gasteiger partial charge in [0.1, 0.15) is 36.3 Å². The Morgan fingerprint density at radius 1 is 0.714 bits per heavy atom. The molecule has 1 saturated heterocycles. The molecule has 84 heavy (non-hydrogen) atoms. The molecule has 0 unspecified atom stereocenters. The van der Waals surface area contributed by atoms with Crippen molar-refractivity contribution >= 4 is 52.2 Å². The number of rotatable bonds is 23. The van der Waals surface area contributed by atoms with Crippen LogP contribution in [-0.4, -0.2) is 112 Å². The average Bonchev–Trinajstić information content (AvgIpc) is 0.697. The standard InChI is InChI=1S/C66H85NO15Si2/c1-13-83(14-2,15-3)81-51-38-52-65(41-76-52,80-44(9)69)57-59(79-61(72)48-34-36-49(37-35-48)75-40-45-28-22-19-23-29-45)66(74)39-50(42(7)53(63(66,10)11)55(77-43(8)68)58(70)64(51,57)12)78-62(73)56(82-84(16-4,17-5)18-6)54(46-30-24-20-25-31-46)67-60(71)47-32-26-21-27-33-47/h19-37,50-52,54-57,59,74H,13-18,38-41H2,1-12H3,(H,67,71)/t50-,51-,52+,54-,55+,56+,57-,59-,64+,65-,66+/m0/s1. The van der Waals surface area contributed by atoms with Gasteiger partial charge >= 0.3 is 23.9 Å². The van der Waals surface area contributed by atoms with Crippen LogP contribution in [0.5, 0.6) is 5.75 Å². The van der Waals surface area contributed by atoms with E-state index >= 15 is 14.4 Å². The Kier molecular flexibility index (Phi) is 19.5. The highest BCUT2D eigenvalue weighted by atomic mass is 28.4. The number of fused-ring (bicyclic) bond motifs is 5. The van der Waals surface area contributed by atoms with Crippen molar-refractivity contribution in [3.63, 3.8) is 0 Å². The molecule has 2 N–H and O–H groups in total. The molecule has 16 nitrogen and oxygen atoms in total. The van der Waals surface area contributed by atoms with Crippen molar-refractivity contribution in [2.24, 2.45) is 16.7 Å². The SMILES string of the molecule is CC[Si](CC)(CC)O[C@H]1C[C@H]2OC[C@@]2(OC(C)=O)[C@H]2[C@H](OC(=O)c3ccc(OCc4ccccc4)cc3)[C@]3(O)C[C@H](OC(=O)[C@H](O[Si](CC)(CC)CC)[C@@H](NC(=O)c4ccccc4)c4ccccc4)C(C)=C([C@@H](OC(C)=O)C(=O)[C@]12C)C3(C)C. The molecule has 0 spiro atoms. The number of aliphatic hydroxyl groups is 1. The minimum Gasteiger partial charge on any atom is -0.489 e. The fourth-order valence-electron chi connectivity index (χ4n) is 13.9. The van der Waals surface area contributed by atoms with E-state index in [1.165, 1.54) is 13.8 Å². The Balaban J connectivity index is 1.34. The summed E-state index contributed by atoms with van der Waals surface area (Å²) in [4.78, 5) is 89.8. The van der Waals surface area contributed by atoms with E-state index in [4.69, 9.17) is 37.3 Å². The van der Waals surface area contributed by atoms with E-state index in [2.05, 4.69) is 26.1 Å². The van der Waals surface area contributed by atoms with Gasteiger partial charge in [-0.05, 0) is 109 Å². The lowest BCUT2D eigenvalue weighted by molar-refractivity contribution is -0.344. The maximum absolute atomic E-state index is 16.8. The van der Waals surface area contributed by atoms with Crippen molar-refractivity contribution in [3.8, 4) is 5.75 Å². The zero-order chi connectivity index (χ0) is 61.0. The van der Waals surface area contributed by atoms with Gasteiger partial charge in [-0.1, -0.05) is 134 Å². The molecule has 452 valence electrons. The maximum Gasteiger partial charge on any atom is 0.338 e. The minimum absolute atomic E-state index is 0.0711. The van der Waals surface area contributed by atoms with E-state index < -0.39 is 129 Å². The number of benzene rings is 4. The number of ether oxygens (including phenoxy) is 6. The highest BCUT2D eigenvalue weighted by Gasteiger charge is 2.79. The molecule has 1 aliphatic heterocycles. The van der Waals surface area contributed by atoms with Crippen LogP contribution in [0.15, 0.2) is 126 Å². The molecule has 4 aliphatic rings. The first kappa shape index (κ1) is 63.7. The van der Waals surface area contributed by atoms with E-state index in [9.17, 15) is 19.5 Å². The second-order valence-corrected chi connectivity index (χ2v) is 33.4. The van der Waals surface area contributed by atoms with Crippen molar-refractivity contribution in [2.75, 3.05) is 6.61 Å². The van der Waals surface area contributed by atoms with Crippen LogP contribution in [0, 0.1) is 16.7 Å². The molecular formula is C66H85NO15Si2. The molecule has 4 aromatic carbocycles. The quantitative estimate of drug-likeness (QED) is 0.0306. The lowest BCUT2D eigenvalue weighted by Gasteiger charge is -2.68. The smallest absolute Gasteiger partial charge is 0.338 e. The van der Waals surface area contributed by atoms with Gasteiger partial charge in [0, 0.05) is 37.7 Å². The molecule has 3 aliphatic carbocycles. The summed E-state index contributed by atoms with van der Waals surface area (Å²) in [5.41, 5.74) is -5.29. The number of hydrogen-bond donors (Lipinski definition) is 2. The van der Waals surface area contributed by atoms with Gasteiger partial charge in [-0.25, -0.2) is 9.59 Å². The van der Waals surface area contributed by atoms with Crippen molar-refractivity contribution in [1.29, 1.82) is 0 Å². The number of esters is 4. The monoisotopic (exact) mass is 1190 g/mol. The van der Waals surface area contributed by atoms with Gasteiger partial charge in [0.2, 0.25) is 0 Å². The van der Waals surface area contributed by atoms with Gasteiger partial charge in [0.25, 0.3) is 5.91 Å². The van der Waals surface area contributed by atoms with Crippen LogP contribution in [0.1, 0.15) is 134 Å². The van der Waals surface area contributed by atoms with Gasteiger partial charge in [-0.2, -0.15) is 0 Å². The third kappa shape index (κ3) is 12.0. The summed E-state index contributed by atoms with van der Waals surface area (Å²) in [5.74, 6) is -5.40. The van der Waals surface area contributed by atoms with E-state index in [0.29, 0.717) is 58.7 Å². The van der Waals surface area contributed by atoms with Crippen LogP contribution >= 0.6 is 0 Å². The summed E-state index contributed by atoms with van der Waals surface area (Å²) in [7, 11) is -5.48. The number of amides is 1. The van der Waals surface area contributed by atoms with Crippen LogP contribution in [0.25, 0.3) is 0 Å². The number of hydrogen-bond acceptors (Lipinski definition) is 15. The Bertz CT molecular complexity index is 3020. The molecule has 0 aromatic heterocycles. The van der Waals surface area contributed by atoms with Crippen molar-refractivity contribution in [3.05, 3.63) is 149 Å². The largest absolute Gasteiger partial charge is 0.489 e. The fourth-order valence-corrected chi connectivity index (χ4v) is 19.6. The Morgan fingerprint density at radius 2 is 1.29 bits per heavy atom. The van der Waals surface area contributed by atoms with Crippen LogP contribution in [0.2, 0.25) is 36.3 Å². The Hall–Kier alpha value is -6.29. The van der Waals surface area contributed by atoms with Crippen molar-refractivity contribution < 1.29 is 71.1 Å². The first-order valence-electron chi connectivity index (χ1n) is 29.9. The highest BCUT2D eigenvalue weighted by Crippen LogP contribution is 2.65. The van der Waals surface area contributed by atoms with Gasteiger partial charge in [0.15, 0.2) is 40.2 Å². The highest BCUT2D eigenvalue weighted by molar-refractivity contribution is 6.74. The maximum atomic E-state index is 16.8. The third-order valence-electron chi connectivity index (χ3n) is 19.4. The zero-order valence-electron chi connectivity index (χ0n) is 50.8. The molecule has 18 heteroatoms. The number of carbonyl (C=O) groups excluding carboxylic acids is 6. The van der Waals surface area contributed by atoms with Crippen LogP contribution < -0.4 is 10.1 Å². The zero-order valence-corrected chi connectivity index (χ0v) is 52.8. The lowest BCUT2D eigenvalue weighted by atomic mass is 9.44. The van der Waals surface area contributed by atoms with Gasteiger partial charge in [-0.3, -0.25) is 19.2 Å². The molecule has 2 bridgehead atoms. The predicted molar refractivity (Wildman–Crippen MR) is 321 cm³/mol. The van der Waals surface area contributed by atoms with Gasteiger partial charge in [-0.15, -0.1) is 0 Å². The van der Waals surface area contributed by atoms with E-state index in [1.54, 1.807) is 107 Å². The number of Topliss-reactive ketones (excluding diaryl/α,β-unsaturated/α-hetero) is 1. The average molecular weight is 1190 g/mol. The fraction of sp³-hybridized carbons (Fsp3) is 0.515. The molecular weight excluding hydrogens is 1100 g/mol. The molecule has 4 aromatic rings. The Morgan fingerprint density at radius 3 is 1.82 bits per heavy atom. The Labute approximate surface area is 496 Å². The van der Waals surface area contributed by atoms with Gasteiger partial charge < -0.3 is 47.7 Å². The summed E-state index contributed by atoms with van der Waals surface area (Å²) >= 11 is 0. The molecule has 8 rings (SSSR count). The predicted octanol–water partition coefficient (Wildman–Crippen LogP) is 11.4. The second-order valence-electron chi connectivity index (χ2n) is 24.0. The van der Waals surface area contributed by atoms with Crippen LogP contribution in [-0.2, 0) is 58.3 Å². The van der Waals surface area contributed by atoms with E-state index in [0.717, 1.165) is 5.56 Å². The summed E-state index contributed by atoms with van der Waals surface area (Å²) < 4.78 is 53.7. The van der Waals surface area contributed by atoms with Crippen LogP contribution in [0.3, 0.4) is 0 Å².